The van der Waals surface area contributed by atoms with Crippen LogP contribution in [0, 0.1) is 11.8 Å². The second-order valence-corrected chi connectivity index (χ2v) is 2.80. The zero-order valence-electron chi connectivity index (χ0n) is 7.71. The molecular weight excluding hydrogens is 200 g/mol. The van der Waals surface area contributed by atoms with Crippen molar-refractivity contribution in [2.45, 2.75) is 5.88 Å². The first-order valence-corrected chi connectivity index (χ1v) is 4.55. The van der Waals surface area contributed by atoms with Gasteiger partial charge in [0, 0.05) is 17.4 Å². The quantitative estimate of drug-likeness (QED) is 0.401. The minimum absolute atomic E-state index is 0.381. The maximum absolute atomic E-state index is 10.8. The van der Waals surface area contributed by atoms with Crippen LogP contribution in [0.4, 0.5) is 0 Å². The average molecular weight is 209 g/mol. The molecule has 14 heavy (non-hydrogen) atoms. The Hall–Kier alpha value is -1.46. The number of methoxy groups -OCH3 is 1. The van der Waals surface area contributed by atoms with Crippen molar-refractivity contribution in [3.63, 3.8) is 0 Å². The summed E-state index contributed by atoms with van der Waals surface area (Å²) in [5.74, 6) is 4.89. The van der Waals surface area contributed by atoms with Crippen molar-refractivity contribution >= 4 is 17.6 Å². The van der Waals surface area contributed by atoms with E-state index in [4.69, 9.17) is 11.6 Å². The highest BCUT2D eigenvalue weighted by Gasteiger charge is 1.97. The van der Waals surface area contributed by atoms with Crippen molar-refractivity contribution in [2.24, 2.45) is 0 Å². The molecule has 0 aliphatic rings. The van der Waals surface area contributed by atoms with Crippen LogP contribution >= 0.6 is 11.6 Å². The Morgan fingerprint density at radius 2 is 2.21 bits per heavy atom. The summed E-state index contributed by atoms with van der Waals surface area (Å²) in [4.78, 5) is 10.8. The normalized spacial score (nSPS) is 8.71. The standard InChI is InChI=1S/C11H9ClO2/c1-14-11(13)7-6-9-4-2-3-5-10(9)8-12/h2-5H,8H2,1H3. The Balaban J connectivity index is 2.94. The smallest absolute Gasteiger partial charge is 0.384 e. The van der Waals surface area contributed by atoms with Crippen LogP contribution in [-0.4, -0.2) is 13.1 Å². The summed E-state index contributed by atoms with van der Waals surface area (Å²) in [6.07, 6.45) is 0. The fourth-order valence-electron chi connectivity index (χ4n) is 0.928. The Bertz CT molecular complexity index is 388. The van der Waals surface area contributed by atoms with E-state index < -0.39 is 5.97 Å². The van der Waals surface area contributed by atoms with Crippen LogP contribution in [0.5, 0.6) is 0 Å². The SMILES string of the molecule is COC(=O)C#Cc1ccccc1CCl. The van der Waals surface area contributed by atoms with E-state index in [0.717, 1.165) is 11.1 Å². The molecule has 1 rings (SSSR count). The summed E-state index contributed by atoms with van der Waals surface area (Å²) in [6, 6.07) is 7.40. The lowest BCUT2D eigenvalue weighted by atomic mass is 10.1. The molecule has 0 unspecified atom stereocenters. The lowest BCUT2D eigenvalue weighted by Crippen LogP contribution is -1.95. The minimum atomic E-state index is -0.547. The van der Waals surface area contributed by atoms with Gasteiger partial charge in [0.15, 0.2) is 0 Å². The number of hydrogen-bond donors (Lipinski definition) is 0. The number of benzene rings is 1. The van der Waals surface area contributed by atoms with Gasteiger partial charge in [-0.05, 0) is 11.6 Å². The van der Waals surface area contributed by atoms with E-state index in [9.17, 15) is 4.79 Å². The molecule has 0 radical (unpaired) electrons. The topological polar surface area (TPSA) is 26.3 Å². The van der Waals surface area contributed by atoms with Crippen LogP contribution in [0.15, 0.2) is 24.3 Å². The van der Waals surface area contributed by atoms with E-state index in [1.54, 1.807) is 0 Å². The molecule has 2 nitrogen and oxygen atoms in total. The zero-order valence-corrected chi connectivity index (χ0v) is 8.47. The highest BCUT2D eigenvalue weighted by molar-refractivity contribution is 6.17. The highest BCUT2D eigenvalue weighted by atomic mass is 35.5. The van der Waals surface area contributed by atoms with E-state index >= 15 is 0 Å². The summed E-state index contributed by atoms with van der Waals surface area (Å²) in [5.41, 5.74) is 1.67. The highest BCUT2D eigenvalue weighted by Crippen LogP contribution is 2.09. The number of hydrogen-bond acceptors (Lipinski definition) is 2. The average Bonchev–Trinajstić information content (AvgIpc) is 2.26. The van der Waals surface area contributed by atoms with Gasteiger partial charge in [-0.1, -0.05) is 24.1 Å². The van der Waals surface area contributed by atoms with E-state index in [1.807, 2.05) is 24.3 Å². The maximum atomic E-state index is 10.8. The van der Waals surface area contributed by atoms with E-state index in [-0.39, 0.29) is 0 Å². The van der Waals surface area contributed by atoms with Gasteiger partial charge < -0.3 is 4.74 Å². The minimum Gasteiger partial charge on any atom is -0.459 e. The summed E-state index contributed by atoms with van der Waals surface area (Å²) in [5, 5.41) is 0. The second-order valence-electron chi connectivity index (χ2n) is 2.53. The number of carbonyl (C=O) groups excluding carboxylic acids is 1. The zero-order chi connectivity index (χ0) is 10.4. The lowest BCUT2D eigenvalue weighted by Gasteiger charge is -1.97. The molecule has 0 spiro atoms. The van der Waals surface area contributed by atoms with Crippen LogP contribution in [0.1, 0.15) is 11.1 Å². The molecule has 0 fully saturated rings. The van der Waals surface area contributed by atoms with Gasteiger partial charge in [-0.2, -0.15) is 0 Å². The van der Waals surface area contributed by atoms with Gasteiger partial charge in [0.25, 0.3) is 0 Å². The molecule has 0 bridgehead atoms. The van der Waals surface area contributed by atoms with E-state index in [2.05, 4.69) is 16.6 Å². The van der Waals surface area contributed by atoms with Crippen molar-refractivity contribution in [3.05, 3.63) is 35.4 Å². The summed E-state index contributed by atoms with van der Waals surface area (Å²) >= 11 is 5.70. The molecule has 0 heterocycles. The number of ether oxygens (including phenoxy) is 1. The van der Waals surface area contributed by atoms with Crippen LogP contribution in [0.3, 0.4) is 0 Å². The molecular formula is C11H9ClO2. The molecule has 0 amide bonds. The first-order chi connectivity index (χ1) is 6.77. The van der Waals surface area contributed by atoms with Crippen molar-refractivity contribution in [1.82, 2.24) is 0 Å². The maximum Gasteiger partial charge on any atom is 0.384 e. The van der Waals surface area contributed by atoms with Gasteiger partial charge in [0.1, 0.15) is 0 Å². The summed E-state index contributed by atoms with van der Waals surface area (Å²) in [7, 11) is 1.30. The molecule has 0 aromatic heterocycles. The van der Waals surface area contributed by atoms with Gasteiger partial charge in [-0.25, -0.2) is 4.79 Å². The Morgan fingerprint density at radius 1 is 1.50 bits per heavy atom. The number of rotatable bonds is 1. The van der Waals surface area contributed by atoms with Crippen LogP contribution < -0.4 is 0 Å². The van der Waals surface area contributed by atoms with Crippen molar-refractivity contribution in [2.75, 3.05) is 7.11 Å². The third-order valence-corrected chi connectivity index (χ3v) is 1.93. The van der Waals surface area contributed by atoms with Gasteiger partial charge in [-0.15, -0.1) is 11.6 Å². The predicted octanol–water partition coefficient (Wildman–Crippen LogP) is 1.95. The van der Waals surface area contributed by atoms with Gasteiger partial charge in [0.05, 0.1) is 7.11 Å². The lowest BCUT2D eigenvalue weighted by molar-refractivity contribution is -0.133. The Labute approximate surface area is 87.8 Å². The molecule has 0 N–H and O–H groups in total. The molecule has 0 saturated carbocycles. The molecule has 0 aliphatic heterocycles. The van der Waals surface area contributed by atoms with Gasteiger partial charge in [0.2, 0.25) is 0 Å². The Kier molecular flexibility index (Phi) is 4.03. The van der Waals surface area contributed by atoms with Crippen molar-refractivity contribution in [3.8, 4) is 11.8 Å². The van der Waals surface area contributed by atoms with Crippen molar-refractivity contribution in [1.29, 1.82) is 0 Å². The molecule has 0 aliphatic carbocycles. The van der Waals surface area contributed by atoms with Gasteiger partial charge in [-0.3, -0.25) is 0 Å². The molecule has 0 saturated heterocycles. The number of carbonyl (C=O) groups is 1. The molecule has 1 aromatic carbocycles. The molecule has 0 atom stereocenters. The summed E-state index contributed by atoms with van der Waals surface area (Å²) in [6.45, 7) is 0. The van der Waals surface area contributed by atoms with Crippen LogP contribution in [0.2, 0.25) is 0 Å². The number of halogens is 1. The number of alkyl halides is 1. The second kappa shape index (κ2) is 5.31. The fourth-order valence-corrected chi connectivity index (χ4v) is 1.16. The summed E-state index contributed by atoms with van der Waals surface area (Å²) < 4.78 is 4.40. The predicted molar refractivity (Wildman–Crippen MR) is 54.9 cm³/mol. The Morgan fingerprint density at radius 3 is 2.86 bits per heavy atom. The molecule has 3 heteroatoms. The largest absolute Gasteiger partial charge is 0.459 e. The van der Waals surface area contributed by atoms with Gasteiger partial charge >= 0.3 is 5.97 Å². The molecule has 1 aromatic rings. The monoisotopic (exact) mass is 208 g/mol. The third-order valence-electron chi connectivity index (χ3n) is 1.65. The number of esters is 1. The van der Waals surface area contributed by atoms with Crippen LogP contribution in [0.25, 0.3) is 0 Å². The van der Waals surface area contributed by atoms with E-state index in [1.165, 1.54) is 7.11 Å². The van der Waals surface area contributed by atoms with E-state index in [0.29, 0.717) is 5.88 Å². The fraction of sp³-hybridized carbons (Fsp3) is 0.182. The molecule has 72 valence electrons. The van der Waals surface area contributed by atoms with Crippen molar-refractivity contribution < 1.29 is 9.53 Å². The van der Waals surface area contributed by atoms with Crippen LogP contribution in [-0.2, 0) is 15.4 Å². The third kappa shape index (κ3) is 2.79. The first kappa shape index (κ1) is 10.6. The first-order valence-electron chi connectivity index (χ1n) is 4.01.